The average molecular weight is 909 g/mol. The molecule has 17 nitrogen and oxygen atoms in total. The van der Waals surface area contributed by atoms with Crippen molar-refractivity contribution in [2.24, 2.45) is 0 Å². The Morgan fingerprint density at radius 1 is 0.529 bits per heavy atom. The van der Waals surface area contributed by atoms with Gasteiger partial charge in [-0.3, -0.25) is 33.8 Å². The number of carboxylic acid groups (broad SMARTS) is 1. The summed E-state index contributed by atoms with van der Waals surface area (Å²) in [7, 11) is 3.18. The van der Waals surface area contributed by atoms with Crippen LogP contribution in [0.3, 0.4) is 0 Å². The maximum Gasteiger partial charge on any atom is 0.337 e. The number of carbonyl (C=O) groups excluding carboxylic acids is 5. The molecule has 0 atom stereocenters. The van der Waals surface area contributed by atoms with Gasteiger partial charge < -0.3 is 15.7 Å². The highest BCUT2D eigenvalue weighted by Crippen LogP contribution is 2.35. The number of carbonyl (C=O) groups is 6. The summed E-state index contributed by atoms with van der Waals surface area (Å²) in [5, 5.41) is 23.1. The first-order valence-electron chi connectivity index (χ1n) is 21.9. The summed E-state index contributed by atoms with van der Waals surface area (Å²) in [6, 6.07) is 28.1. The van der Waals surface area contributed by atoms with Crippen LogP contribution in [-0.2, 0) is 0 Å². The van der Waals surface area contributed by atoms with Crippen molar-refractivity contribution in [3.8, 4) is 22.3 Å². The summed E-state index contributed by atoms with van der Waals surface area (Å²) in [6.07, 6.45) is 13.3. The number of hydrogen-bond donors (Lipinski definition) is 3. The Morgan fingerprint density at radius 2 is 0.926 bits per heavy atom. The molecule has 0 unspecified atom stereocenters. The fourth-order valence-corrected chi connectivity index (χ4v) is 7.81. The van der Waals surface area contributed by atoms with Gasteiger partial charge in [-0.05, 0) is 117 Å². The standard InChI is InChI=1S/C26H23N5O3.C25H21N5O4/c1-16(32)20-7-10-24(28-14-20)31(21-8-9-21)26(34)19-11-12-30-23(13-19)22(15-29-30)17-3-5-18(6-4-17)25(33)27-2;1-26-23(31)16-4-2-15(3-5-16)20-14-28-29-11-10-17(12-21(20)29)24(32)30(19-7-8-19)22-9-6-18(13-27-22)25(33)34/h3-7,10-15,21H,8-9H2,1-2H3,(H,27,33);2-6,9-14,19H,7-8H2,1H3,(H,26,31)(H,33,34). The normalized spacial score (nSPS) is 13.0. The molecule has 4 amide bonds. The van der Waals surface area contributed by atoms with E-state index in [-0.39, 0.29) is 47.1 Å². The zero-order valence-corrected chi connectivity index (χ0v) is 37.2. The predicted octanol–water partition coefficient (Wildman–Crippen LogP) is 7.03. The molecule has 0 bridgehead atoms. The number of benzene rings is 2. The van der Waals surface area contributed by atoms with Crippen LogP contribution < -0.4 is 20.4 Å². The third-order valence-corrected chi connectivity index (χ3v) is 11.8. The minimum absolute atomic E-state index is 0.0357. The van der Waals surface area contributed by atoms with Crippen molar-refractivity contribution in [2.75, 3.05) is 23.9 Å². The van der Waals surface area contributed by atoms with Gasteiger partial charge in [-0.2, -0.15) is 10.2 Å². The quantitative estimate of drug-likeness (QED) is 0.106. The molecule has 0 radical (unpaired) electrons. The van der Waals surface area contributed by atoms with E-state index in [0.29, 0.717) is 39.5 Å². The Kier molecular flexibility index (Phi) is 12.1. The Labute approximate surface area is 389 Å². The zero-order chi connectivity index (χ0) is 47.6. The minimum atomic E-state index is -1.06. The molecule has 2 fully saturated rings. The van der Waals surface area contributed by atoms with E-state index in [1.54, 1.807) is 118 Å². The number of aromatic nitrogens is 6. The van der Waals surface area contributed by atoms with E-state index in [0.717, 1.165) is 59.0 Å². The topological polar surface area (TPSA) is 214 Å². The SMILES string of the molecule is CNC(=O)c1ccc(-c2cnn3ccc(C(=O)N(c4ccc(C(=O)O)cn4)C4CC4)cc23)cc1.CNC(=O)c1ccc(-c2cnn3ccc(C(=O)N(c4ccc(C(C)=O)cn4)C4CC4)cc23)cc1. The molecule has 0 spiro atoms. The molecule has 2 aliphatic rings. The highest BCUT2D eigenvalue weighted by atomic mass is 16.4. The van der Waals surface area contributed by atoms with Gasteiger partial charge in [0.25, 0.3) is 23.6 Å². The van der Waals surface area contributed by atoms with E-state index >= 15 is 0 Å². The van der Waals surface area contributed by atoms with Crippen molar-refractivity contribution >= 4 is 58.1 Å². The molecule has 68 heavy (non-hydrogen) atoms. The zero-order valence-electron chi connectivity index (χ0n) is 37.2. The molecule has 2 aromatic carbocycles. The first-order chi connectivity index (χ1) is 32.9. The lowest BCUT2D eigenvalue weighted by molar-refractivity contribution is 0.0695. The number of anilines is 2. The second-order valence-electron chi connectivity index (χ2n) is 16.4. The highest BCUT2D eigenvalue weighted by Gasteiger charge is 2.36. The van der Waals surface area contributed by atoms with E-state index in [2.05, 4.69) is 30.8 Å². The third-order valence-electron chi connectivity index (χ3n) is 11.8. The number of nitrogens with one attached hydrogen (secondary N) is 2. The number of carboxylic acids is 1. The van der Waals surface area contributed by atoms with Gasteiger partial charge in [0.05, 0.1) is 29.0 Å². The smallest absolute Gasteiger partial charge is 0.337 e. The largest absolute Gasteiger partial charge is 0.478 e. The summed E-state index contributed by atoms with van der Waals surface area (Å²) >= 11 is 0. The van der Waals surface area contributed by atoms with Gasteiger partial charge in [-0.15, -0.1) is 0 Å². The van der Waals surface area contributed by atoms with E-state index < -0.39 is 5.97 Å². The number of Topliss-reactive ketones (excluding diaryl/α,β-unsaturated/α-hetero) is 1. The van der Waals surface area contributed by atoms with Crippen LogP contribution in [0.2, 0.25) is 0 Å². The van der Waals surface area contributed by atoms with Crippen molar-refractivity contribution in [3.63, 3.8) is 0 Å². The second kappa shape index (κ2) is 18.6. The number of ketones is 1. The molecule has 17 heteroatoms. The van der Waals surface area contributed by atoms with E-state index in [1.807, 2.05) is 30.3 Å². The molecule has 8 aromatic rings. The molecule has 10 rings (SSSR count). The van der Waals surface area contributed by atoms with E-state index in [9.17, 15) is 28.8 Å². The van der Waals surface area contributed by atoms with Gasteiger partial charge in [0.15, 0.2) is 5.78 Å². The molecule has 0 aliphatic heterocycles. The molecule has 6 aromatic heterocycles. The number of pyridine rings is 4. The van der Waals surface area contributed by atoms with E-state index in [4.69, 9.17) is 5.11 Å². The fraction of sp³-hybridized carbons (Fsp3) is 0.176. The van der Waals surface area contributed by atoms with Crippen LogP contribution in [0.1, 0.15) is 94.8 Å². The van der Waals surface area contributed by atoms with Gasteiger partial charge in [0, 0.05) is 89.9 Å². The van der Waals surface area contributed by atoms with Crippen molar-refractivity contribution in [1.82, 2.24) is 39.8 Å². The van der Waals surface area contributed by atoms with Crippen LogP contribution in [0.25, 0.3) is 33.3 Å². The van der Waals surface area contributed by atoms with Crippen molar-refractivity contribution in [2.45, 2.75) is 44.7 Å². The fourth-order valence-electron chi connectivity index (χ4n) is 7.81. The van der Waals surface area contributed by atoms with Crippen molar-refractivity contribution in [3.05, 3.63) is 168 Å². The summed E-state index contributed by atoms with van der Waals surface area (Å²) in [6.45, 7) is 1.49. The number of aromatic carboxylic acids is 1. The molecule has 340 valence electrons. The lowest BCUT2D eigenvalue weighted by atomic mass is 10.0. The molecule has 2 aliphatic carbocycles. The van der Waals surface area contributed by atoms with Crippen LogP contribution in [0.5, 0.6) is 0 Å². The maximum atomic E-state index is 13.6. The number of fused-ring (bicyclic) bond motifs is 2. The van der Waals surface area contributed by atoms with Gasteiger partial charge in [0.2, 0.25) is 0 Å². The summed E-state index contributed by atoms with van der Waals surface area (Å²) < 4.78 is 3.42. The number of amides is 4. The third kappa shape index (κ3) is 9.04. The predicted molar refractivity (Wildman–Crippen MR) is 253 cm³/mol. The summed E-state index contributed by atoms with van der Waals surface area (Å²) in [4.78, 5) is 85.4. The van der Waals surface area contributed by atoms with Crippen molar-refractivity contribution < 1.29 is 33.9 Å². The molecule has 0 saturated heterocycles. The van der Waals surface area contributed by atoms with E-state index in [1.165, 1.54) is 25.4 Å². The van der Waals surface area contributed by atoms with Gasteiger partial charge in [-0.1, -0.05) is 24.3 Å². The van der Waals surface area contributed by atoms with Crippen molar-refractivity contribution in [1.29, 1.82) is 0 Å². The van der Waals surface area contributed by atoms with Crippen LogP contribution in [-0.4, -0.2) is 95.9 Å². The molecule has 3 N–H and O–H groups in total. The number of hydrogen-bond acceptors (Lipinski definition) is 10. The maximum absolute atomic E-state index is 13.6. The molecular formula is C51H44N10O7. The van der Waals surface area contributed by atoms with Gasteiger partial charge in [-0.25, -0.2) is 23.8 Å². The van der Waals surface area contributed by atoms with Crippen LogP contribution >= 0.6 is 0 Å². The number of nitrogens with zero attached hydrogens (tertiary/aromatic N) is 8. The monoisotopic (exact) mass is 908 g/mol. The number of rotatable bonds is 12. The lowest BCUT2D eigenvalue weighted by Crippen LogP contribution is -2.33. The molecule has 2 saturated carbocycles. The lowest BCUT2D eigenvalue weighted by Gasteiger charge is -2.21. The molecule has 6 heterocycles. The first kappa shape index (κ1) is 44.3. The highest BCUT2D eigenvalue weighted by molar-refractivity contribution is 6.08. The summed E-state index contributed by atoms with van der Waals surface area (Å²) in [5.41, 5.74) is 7.72. The Morgan fingerprint density at radius 3 is 1.26 bits per heavy atom. The minimum Gasteiger partial charge on any atom is -0.478 e. The molecular weight excluding hydrogens is 865 g/mol. The van der Waals surface area contributed by atoms with Gasteiger partial charge >= 0.3 is 5.97 Å². The Balaban J connectivity index is 0.000000170. The van der Waals surface area contributed by atoms with Gasteiger partial charge in [0.1, 0.15) is 11.6 Å². The van der Waals surface area contributed by atoms with Crippen LogP contribution in [0.15, 0.2) is 134 Å². The van der Waals surface area contributed by atoms with Crippen LogP contribution in [0.4, 0.5) is 11.6 Å². The Bertz CT molecular complexity index is 3030. The average Bonchev–Trinajstić information content (AvgIpc) is 4.31. The first-order valence-corrected chi connectivity index (χ1v) is 21.9. The second-order valence-corrected chi connectivity index (χ2v) is 16.4. The Hall–Kier alpha value is -8.86. The summed E-state index contributed by atoms with van der Waals surface area (Å²) in [5.74, 6) is -0.825. The van der Waals surface area contributed by atoms with Crippen LogP contribution in [0, 0.1) is 0 Å².